The van der Waals surface area contributed by atoms with Gasteiger partial charge >= 0.3 is 0 Å². The molecule has 0 aromatic rings. The minimum Gasteiger partial charge on any atom is -0.335 e. The van der Waals surface area contributed by atoms with Gasteiger partial charge in [-0.3, -0.25) is 9.59 Å². The lowest BCUT2D eigenvalue weighted by Crippen LogP contribution is -2.60. The molecule has 2 fully saturated rings. The molecule has 3 atom stereocenters. The van der Waals surface area contributed by atoms with E-state index < -0.39 is 0 Å². The highest BCUT2D eigenvalue weighted by molar-refractivity contribution is 5.87. The number of likely N-dealkylation sites (tertiary alicyclic amines) is 1. The zero-order valence-corrected chi connectivity index (χ0v) is 11.5. The number of amides is 2. The molecule has 5 nitrogen and oxygen atoms in total. The molecule has 2 aliphatic heterocycles. The SMILES string of the molecule is CC(=O)N1CCCC1C(=O)N1CCNC(C)C1C. The summed E-state index contributed by atoms with van der Waals surface area (Å²) in [5, 5.41) is 3.37. The van der Waals surface area contributed by atoms with Gasteiger partial charge in [0.1, 0.15) is 6.04 Å². The first kappa shape index (κ1) is 13.3. The summed E-state index contributed by atoms with van der Waals surface area (Å²) in [6, 6.07) is 0.283. The van der Waals surface area contributed by atoms with Crippen molar-refractivity contribution in [3.05, 3.63) is 0 Å². The molecule has 0 spiro atoms. The number of nitrogens with one attached hydrogen (secondary N) is 1. The minimum atomic E-state index is -0.227. The summed E-state index contributed by atoms with van der Waals surface area (Å²) in [4.78, 5) is 27.8. The largest absolute Gasteiger partial charge is 0.335 e. The standard InChI is InChI=1S/C13H23N3O2/c1-9-10(2)15(8-6-14-9)13(18)12-5-4-7-16(12)11(3)17/h9-10,12,14H,4-8H2,1-3H3. The maximum Gasteiger partial charge on any atom is 0.245 e. The van der Waals surface area contributed by atoms with Gasteiger partial charge in [0.05, 0.1) is 0 Å². The Balaban J connectivity index is 2.08. The number of carbonyl (C=O) groups is 2. The third-order valence-corrected chi connectivity index (χ3v) is 4.26. The van der Waals surface area contributed by atoms with Crippen LogP contribution in [-0.4, -0.2) is 59.4 Å². The van der Waals surface area contributed by atoms with E-state index in [1.165, 1.54) is 0 Å². The average Bonchev–Trinajstić information content (AvgIpc) is 2.81. The van der Waals surface area contributed by atoms with Gasteiger partial charge in [-0.15, -0.1) is 0 Å². The zero-order valence-electron chi connectivity index (χ0n) is 11.5. The van der Waals surface area contributed by atoms with Gasteiger partial charge < -0.3 is 15.1 Å². The Bertz CT molecular complexity index is 345. The van der Waals surface area contributed by atoms with E-state index in [0.29, 0.717) is 6.04 Å². The van der Waals surface area contributed by atoms with Gasteiger partial charge in [0.25, 0.3) is 0 Å². The van der Waals surface area contributed by atoms with E-state index in [-0.39, 0.29) is 23.9 Å². The maximum atomic E-state index is 12.6. The van der Waals surface area contributed by atoms with E-state index in [2.05, 4.69) is 19.2 Å². The van der Waals surface area contributed by atoms with Crippen molar-refractivity contribution in [1.82, 2.24) is 15.1 Å². The van der Waals surface area contributed by atoms with E-state index in [1.54, 1.807) is 11.8 Å². The van der Waals surface area contributed by atoms with Crippen LogP contribution in [0.3, 0.4) is 0 Å². The lowest BCUT2D eigenvalue weighted by Gasteiger charge is -2.40. The first-order valence-electron chi connectivity index (χ1n) is 6.83. The van der Waals surface area contributed by atoms with Crippen LogP contribution in [-0.2, 0) is 9.59 Å². The Hall–Kier alpha value is -1.10. The van der Waals surface area contributed by atoms with Crippen LogP contribution >= 0.6 is 0 Å². The predicted octanol–water partition coefficient (Wildman–Crippen LogP) is 0.206. The summed E-state index contributed by atoms with van der Waals surface area (Å²) in [6.45, 7) is 8.02. The Morgan fingerprint density at radius 3 is 2.56 bits per heavy atom. The van der Waals surface area contributed by atoms with Crippen LogP contribution in [0.4, 0.5) is 0 Å². The molecule has 0 saturated carbocycles. The van der Waals surface area contributed by atoms with Crippen LogP contribution in [0.15, 0.2) is 0 Å². The van der Waals surface area contributed by atoms with E-state index in [1.807, 2.05) is 4.90 Å². The molecule has 2 amide bonds. The number of rotatable bonds is 1. The molecule has 2 rings (SSSR count). The molecule has 102 valence electrons. The van der Waals surface area contributed by atoms with Crippen molar-refractivity contribution in [3.63, 3.8) is 0 Å². The Morgan fingerprint density at radius 1 is 1.17 bits per heavy atom. The van der Waals surface area contributed by atoms with Crippen molar-refractivity contribution in [3.8, 4) is 0 Å². The highest BCUT2D eigenvalue weighted by Gasteiger charge is 2.38. The van der Waals surface area contributed by atoms with Crippen LogP contribution in [0.2, 0.25) is 0 Å². The molecule has 5 heteroatoms. The quantitative estimate of drug-likeness (QED) is 0.726. The third-order valence-electron chi connectivity index (χ3n) is 4.26. The molecule has 3 unspecified atom stereocenters. The molecule has 0 bridgehead atoms. The molecular weight excluding hydrogens is 230 g/mol. The number of carbonyl (C=O) groups excluding carboxylic acids is 2. The Labute approximate surface area is 108 Å². The molecule has 18 heavy (non-hydrogen) atoms. The van der Waals surface area contributed by atoms with Gasteiger partial charge in [0, 0.05) is 38.6 Å². The van der Waals surface area contributed by atoms with Gasteiger partial charge in [0.15, 0.2) is 0 Å². The summed E-state index contributed by atoms with van der Waals surface area (Å²) in [6.07, 6.45) is 1.75. The highest BCUT2D eigenvalue weighted by Crippen LogP contribution is 2.21. The molecule has 0 radical (unpaired) electrons. The molecule has 0 aromatic heterocycles. The van der Waals surface area contributed by atoms with Gasteiger partial charge in [-0.25, -0.2) is 0 Å². The molecule has 0 aliphatic carbocycles. The summed E-state index contributed by atoms with van der Waals surface area (Å²) in [5.41, 5.74) is 0. The van der Waals surface area contributed by atoms with Crippen LogP contribution < -0.4 is 5.32 Å². The Morgan fingerprint density at radius 2 is 1.89 bits per heavy atom. The normalized spacial score (nSPS) is 32.7. The zero-order chi connectivity index (χ0) is 13.3. The van der Waals surface area contributed by atoms with Gasteiger partial charge in [-0.1, -0.05) is 0 Å². The second-order valence-electron chi connectivity index (χ2n) is 5.39. The Kier molecular flexibility index (Phi) is 3.90. The fraction of sp³-hybridized carbons (Fsp3) is 0.846. The number of nitrogens with zero attached hydrogens (tertiary/aromatic N) is 2. The summed E-state index contributed by atoms with van der Waals surface area (Å²) < 4.78 is 0. The van der Waals surface area contributed by atoms with E-state index in [9.17, 15) is 9.59 Å². The number of hydrogen-bond donors (Lipinski definition) is 1. The lowest BCUT2D eigenvalue weighted by molar-refractivity contribution is -0.145. The predicted molar refractivity (Wildman–Crippen MR) is 69.0 cm³/mol. The summed E-state index contributed by atoms with van der Waals surface area (Å²) >= 11 is 0. The van der Waals surface area contributed by atoms with Crippen LogP contribution in [0, 0.1) is 0 Å². The summed E-state index contributed by atoms with van der Waals surface area (Å²) in [7, 11) is 0. The highest BCUT2D eigenvalue weighted by atomic mass is 16.2. The van der Waals surface area contributed by atoms with Crippen LogP contribution in [0.5, 0.6) is 0 Å². The van der Waals surface area contributed by atoms with Crippen molar-refractivity contribution < 1.29 is 9.59 Å². The molecular formula is C13H23N3O2. The van der Waals surface area contributed by atoms with Gasteiger partial charge in [-0.05, 0) is 26.7 Å². The smallest absolute Gasteiger partial charge is 0.245 e. The first-order valence-corrected chi connectivity index (χ1v) is 6.83. The van der Waals surface area contributed by atoms with Crippen molar-refractivity contribution in [2.75, 3.05) is 19.6 Å². The lowest BCUT2D eigenvalue weighted by atomic mass is 10.0. The summed E-state index contributed by atoms with van der Waals surface area (Å²) in [5.74, 6) is 0.144. The van der Waals surface area contributed by atoms with Crippen LogP contribution in [0.1, 0.15) is 33.6 Å². The molecule has 2 saturated heterocycles. The molecule has 0 aromatic carbocycles. The second kappa shape index (κ2) is 5.26. The maximum absolute atomic E-state index is 12.6. The van der Waals surface area contributed by atoms with E-state index in [0.717, 1.165) is 32.5 Å². The fourth-order valence-electron chi connectivity index (χ4n) is 2.96. The van der Waals surface area contributed by atoms with Crippen molar-refractivity contribution >= 4 is 11.8 Å². The monoisotopic (exact) mass is 253 g/mol. The topological polar surface area (TPSA) is 52.7 Å². The second-order valence-corrected chi connectivity index (χ2v) is 5.39. The van der Waals surface area contributed by atoms with Crippen molar-refractivity contribution in [2.45, 2.75) is 51.7 Å². The average molecular weight is 253 g/mol. The molecule has 2 aliphatic rings. The van der Waals surface area contributed by atoms with E-state index in [4.69, 9.17) is 0 Å². The van der Waals surface area contributed by atoms with Crippen molar-refractivity contribution in [1.29, 1.82) is 0 Å². The van der Waals surface area contributed by atoms with Crippen LogP contribution in [0.25, 0.3) is 0 Å². The van der Waals surface area contributed by atoms with E-state index >= 15 is 0 Å². The first-order chi connectivity index (χ1) is 8.52. The minimum absolute atomic E-state index is 0.0154. The van der Waals surface area contributed by atoms with Crippen molar-refractivity contribution in [2.24, 2.45) is 0 Å². The number of piperazine rings is 1. The fourth-order valence-corrected chi connectivity index (χ4v) is 2.96. The number of hydrogen-bond acceptors (Lipinski definition) is 3. The van der Waals surface area contributed by atoms with Gasteiger partial charge in [-0.2, -0.15) is 0 Å². The van der Waals surface area contributed by atoms with Gasteiger partial charge in [0.2, 0.25) is 11.8 Å². The molecule has 2 heterocycles. The third kappa shape index (κ3) is 2.36. The molecule has 1 N–H and O–H groups in total.